The second kappa shape index (κ2) is 8.02. The molecular weight excluding hydrogens is 370 g/mol. The number of amides is 1. The van der Waals surface area contributed by atoms with E-state index in [0.29, 0.717) is 29.4 Å². The van der Waals surface area contributed by atoms with E-state index in [1.54, 1.807) is 30.5 Å². The summed E-state index contributed by atoms with van der Waals surface area (Å²) in [4.78, 5) is 16.6. The summed E-state index contributed by atoms with van der Waals surface area (Å²) in [6.07, 6.45) is 3.00. The minimum absolute atomic E-state index is 0.234. The number of carbonyl (C=O) groups excluding carboxylic acids is 1. The summed E-state index contributed by atoms with van der Waals surface area (Å²) in [7, 11) is 0. The predicted molar refractivity (Wildman–Crippen MR) is 107 cm³/mol. The van der Waals surface area contributed by atoms with Crippen LogP contribution >= 0.6 is 0 Å². The molecule has 0 unspecified atom stereocenters. The average Bonchev–Trinajstić information content (AvgIpc) is 3.38. The van der Waals surface area contributed by atoms with Crippen LogP contribution in [0.25, 0.3) is 11.3 Å². The zero-order valence-electron chi connectivity index (χ0n) is 16.0. The molecule has 0 radical (unpaired) electrons. The normalized spacial score (nSPS) is 10.7. The van der Waals surface area contributed by atoms with Crippen molar-refractivity contribution in [3.63, 3.8) is 0 Å². The van der Waals surface area contributed by atoms with Crippen LogP contribution in [0.1, 0.15) is 27.4 Å². The van der Waals surface area contributed by atoms with E-state index in [9.17, 15) is 4.79 Å². The summed E-state index contributed by atoms with van der Waals surface area (Å²) in [6, 6.07) is 14.4. The van der Waals surface area contributed by atoms with Gasteiger partial charge in [-0.05, 0) is 44.2 Å². The van der Waals surface area contributed by atoms with E-state index < -0.39 is 0 Å². The van der Waals surface area contributed by atoms with Gasteiger partial charge in [0.25, 0.3) is 5.91 Å². The molecule has 1 amide bonds. The van der Waals surface area contributed by atoms with Crippen molar-refractivity contribution in [2.75, 3.05) is 5.32 Å². The molecular formula is C22H19N3O4. The molecule has 1 N–H and O–H groups in total. The Hall–Kier alpha value is -3.87. The largest absolute Gasteiger partial charge is 0.489 e. The Balaban J connectivity index is 1.45. The minimum atomic E-state index is -0.234. The Labute approximate surface area is 167 Å². The van der Waals surface area contributed by atoms with Gasteiger partial charge in [-0.1, -0.05) is 23.4 Å². The van der Waals surface area contributed by atoms with Crippen molar-refractivity contribution < 1.29 is 18.5 Å². The van der Waals surface area contributed by atoms with Crippen LogP contribution in [0.15, 0.2) is 70.1 Å². The fourth-order valence-electron chi connectivity index (χ4n) is 2.90. The lowest BCUT2D eigenvalue weighted by molar-refractivity contribution is 0.102. The molecule has 0 saturated carbocycles. The van der Waals surface area contributed by atoms with E-state index in [1.807, 2.05) is 38.1 Å². The molecule has 7 nitrogen and oxygen atoms in total. The monoisotopic (exact) mass is 389 g/mol. The van der Waals surface area contributed by atoms with Crippen LogP contribution in [0.3, 0.4) is 0 Å². The number of anilines is 1. The summed E-state index contributed by atoms with van der Waals surface area (Å²) < 4.78 is 16.3. The summed E-state index contributed by atoms with van der Waals surface area (Å²) in [5.74, 6) is 1.72. The molecule has 2 aromatic carbocycles. The molecule has 0 bridgehead atoms. The average molecular weight is 389 g/mol. The van der Waals surface area contributed by atoms with Gasteiger partial charge in [0, 0.05) is 16.8 Å². The van der Waals surface area contributed by atoms with Gasteiger partial charge >= 0.3 is 0 Å². The number of carbonyl (C=O) groups is 1. The zero-order valence-corrected chi connectivity index (χ0v) is 16.0. The van der Waals surface area contributed by atoms with Gasteiger partial charge in [-0.3, -0.25) is 4.79 Å². The van der Waals surface area contributed by atoms with E-state index in [0.717, 1.165) is 22.6 Å². The molecule has 146 valence electrons. The van der Waals surface area contributed by atoms with Crippen molar-refractivity contribution in [2.24, 2.45) is 0 Å². The van der Waals surface area contributed by atoms with Crippen LogP contribution in [-0.4, -0.2) is 16.0 Å². The quantitative estimate of drug-likeness (QED) is 0.510. The highest BCUT2D eigenvalue weighted by molar-refractivity contribution is 6.04. The maximum Gasteiger partial charge on any atom is 0.255 e. The number of ether oxygens (including phenoxy) is 1. The van der Waals surface area contributed by atoms with E-state index in [2.05, 4.69) is 15.5 Å². The van der Waals surface area contributed by atoms with E-state index in [-0.39, 0.29) is 5.91 Å². The van der Waals surface area contributed by atoms with Crippen LogP contribution in [0.4, 0.5) is 5.69 Å². The van der Waals surface area contributed by atoms with Crippen LogP contribution in [0, 0.1) is 13.8 Å². The number of aryl methyl sites for hydroxylation is 2. The van der Waals surface area contributed by atoms with Gasteiger partial charge in [-0.15, -0.1) is 0 Å². The maximum atomic E-state index is 12.7. The van der Waals surface area contributed by atoms with Gasteiger partial charge < -0.3 is 19.0 Å². The Morgan fingerprint density at radius 3 is 2.76 bits per heavy atom. The number of oxazole rings is 1. The topological polar surface area (TPSA) is 90.4 Å². The molecule has 2 heterocycles. The molecule has 29 heavy (non-hydrogen) atoms. The minimum Gasteiger partial charge on any atom is -0.489 e. The first-order valence-corrected chi connectivity index (χ1v) is 9.05. The molecule has 4 aromatic rings. The van der Waals surface area contributed by atoms with Gasteiger partial charge in [0.15, 0.2) is 12.2 Å². The van der Waals surface area contributed by atoms with E-state index in [1.165, 1.54) is 6.39 Å². The summed E-state index contributed by atoms with van der Waals surface area (Å²) in [5.41, 5.74) is 3.68. The maximum absolute atomic E-state index is 12.7. The van der Waals surface area contributed by atoms with Crippen molar-refractivity contribution in [3.8, 4) is 17.1 Å². The number of rotatable bonds is 6. The highest BCUT2D eigenvalue weighted by Crippen LogP contribution is 2.23. The standard InChI is InChI=1S/C22H19N3O4/c1-14-20(15(2)29-25-14)12-27-19-8-4-6-17(10-19)22(26)24-18-7-3-5-16(9-18)21-11-23-13-28-21/h3-11,13H,12H2,1-2H3,(H,24,26). The Morgan fingerprint density at radius 2 is 2.00 bits per heavy atom. The van der Waals surface area contributed by atoms with Gasteiger partial charge in [0.2, 0.25) is 0 Å². The lowest BCUT2D eigenvalue weighted by atomic mass is 10.1. The van der Waals surface area contributed by atoms with Crippen molar-refractivity contribution in [2.45, 2.75) is 20.5 Å². The Bertz CT molecular complexity index is 1110. The van der Waals surface area contributed by atoms with Crippen LogP contribution < -0.4 is 10.1 Å². The number of hydrogen-bond acceptors (Lipinski definition) is 6. The van der Waals surface area contributed by atoms with Gasteiger partial charge in [-0.2, -0.15) is 0 Å². The molecule has 0 atom stereocenters. The number of nitrogens with one attached hydrogen (secondary N) is 1. The summed E-state index contributed by atoms with van der Waals surface area (Å²) >= 11 is 0. The molecule has 2 aromatic heterocycles. The smallest absolute Gasteiger partial charge is 0.255 e. The number of hydrogen-bond donors (Lipinski definition) is 1. The molecule has 0 aliphatic heterocycles. The van der Waals surface area contributed by atoms with E-state index in [4.69, 9.17) is 13.7 Å². The molecule has 0 spiro atoms. The first-order chi connectivity index (χ1) is 14.1. The number of aromatic nitrogens is 2. The van der Waals surface area contributed by atoms with Gasteiger partial charge in [0.1, 0.15) is 18.1 Å². The lowest BCUT2D eigenvalue weighted by Gasteiger charge is -2.09. The molecule has 7 heteroatoms. The third-order valence-electron chi connectivity index (χ3n) is 4.50. The highest BCUT2D eigenvalue weighted by Gasteiger charge is 2.12. The zero-order chi connectivity index (χ0) is 20.2. The lowest BCUT2D eigenvalue weighted by Crippen LogP contribution is -2.12. The van der Waals surface area contributed by atoms with E-state index >= 15 is 0 Å². The molecule has 0 fully saturated rings. The van der Waals surface area contributed by atoms with Crippen molar-refractivity contribution in [1.29, 1.82) is 0 Å². The molecule has 4 rings (SSSR count). The first-order valence-electron chi connectivity index (χ1n) is 9.05. The first kappa shape index (κ1) is 18.5. The second-order valence-corrected chi connectivity index (χ2v) is 6.52. The SMILES string of the molecule is Cc1noc(C)c1COc1cccc(C(=O)Nc2cccc(-c3cnco3)c2)c1. The fraction of sp³-hybridized carbons (Fsp3) is 0.136. The second-order valence-electron chi connectivity index (χ2n) is 6.52. The van der Waals surface area contributed by atoms with Crippen molar-refractivity contribution in [3.05, 3.63) is 83.7 Å². The molecule has 0 aliphatic rings. The third kappa shape index (κ3) is 4.19. The van der Waals surface area contributed by atoms with Gasteiger partial charge in [0.05, 0.1) is 17.5 Å². The summed E-state index contributed by atoms with van der Waals surface area (Å²) in [6.45, 7) is 4.03. The highest BCUT2D eigenvalue weighted by atomic mass is 16.5. The van der Waals surface area contributed by atoms with Crippen molar-refractivity contribution >= 4 is 11.6 Å². The summed E-state index contributed by atoms with van der Waals surface area (Å²) in [5, 5.41) is 6.81. The predicted octanol–water partition coefficient (Wildman–Crippen LogP) is 4.78. The molecule has 0 aliphatic carbocycles. The fourth-order valence-corrected chi connectivity index (χ4v) is 2.90. The number of nitrogens with zero attached hydrogens (tertiary/aromatic N) is 2. The van der Waals surface area contributed by atoms with Crippen LogP contribution in [0.2, 0.25) is 0 Å². The van der Waals surface area contributed by atoms with Gasteiger partial charge in [-0.25, -0.2) is 4.98 Å². The Morgan fingerprint density at radius 1 is 1.14 bits per heavy atom. The molecule has 0 saturated heterocycles. The Kier molecular flexibility index (Phi) is 5.11. The third-order valence-corrected chi connectivity index (χ3v) is 4.50. The number of benzene rings is 2. The van der Waals surface area contributed by atoms with Crippen LogP contribution in [-0.2, 0) is 6.61 Å². The van der Waals surface area contributed by atoms with Crippen LogP contribution in [0.5, 0.6) is 5.75 Å². The van der Waals surface area contributed by atoms with Crippen molar-refractivity contribution in [1.82, 2.24) is 10.1 Å².